The molecular formula is C40H52FN11O13P2SSi. The van der Waals surface area contributed by atoms with Crippen molar-refractivity contribution in [3.8, 4) is 6.07 Å². The molecular weight excluding hydrogens is 984 g/mol. The number of anilines is 2. The lowest BCUT2D eigenvalue weighted by atomic mass is 10.1. The van der Waals surface area contributed by atoms with Crippen molar-refractivity contribution in [2.75, 3.05) is 30.5 Å². The molecule has 7 rings (SSSR count). The van der Waals surface area contributed by atoms with E-state index in [9.17, 15) is 34.2 Å². The number of aliphatic hydroxyl groups excluding tert-OH is 1. The first-order chi connectivity index (χ1) is 32.6. The molecule has 0 saturated carbocycles. The molecule has 6 heterocycles. The summed E-state index contributed by atoms with van der Waals surface area (Å²) in [6.07, 6.45) is -8.48. The number of hydrogen-bond acceptors (Lipinski definition) is 19. The van der Waals surface area contributed by atoms with E-state index in [0.29, 0.717) is 5.56 Å². The first-order valence-electron chi connectivity index (χ1n) is 21.5. The lowest BCUT2D eigenvalue weighted by Crippen LogP contribution is -2.50. The van der Waals surface area contributed by atoms with Gasteiger partial charge >= 0.3 is 15.0 Å². The van der Waals surface area contributed by atoms with Crippen molar-refractivity contribution in [1.29, 1.82) is 5.26 Å². The Balaban J connectivity index is 1.22. The Morgan fingerprint density at radius 2 is 1.70 bits per heavy atom. The maximum atomic E-state index is 16.6. The minimum Gasteiger partial charge on any atom is -0.408 e. The second-order valence-corrected chi connectivity index (χ2v) is 26.2. The molecule has 2 amide bonds. The predicted octanol–water partition coefficient (Wildman–Crippen LogP) is 4.65. The van der Waals surface area contributed by atoms with Crippen molar-refractivity contribution >= 4 is 81.0 Å². The number of amides is 2. The summed E-state index contributed by atoms with van der Waals surface area (Å²) in [4.78, 5) is 72.8. The Kier molecular flexibility index (Phi) is 16.1. The van der Waals surface area contributed by atoms with E-state index in [0.717, 1.165) is 6.33 Å². The van der Waals surface area contributed by atoms with E-state index < -0.39 is 109 Å². The van der Waals surface area contributed by atoms with Crippen LogP contribution in [0.3, 0.4) is 0 Å². The molecule has 2 fully saturated rings. The largest absolute Gasteiger partial charge is 0.408 e. The topological polar surface area (TPSA) is 311 Å². The van der Waals surface area contributed by atoms with Gasteiger partial charge in [0.2, 0.25) is 11.9 Å². The second-order valence-electron chi connectivity index (χ2n) is 17.8. The van der Waals surface area contributed by atoms with Gasteiger partial charge in [-0.3, -0.25) is 42.9 Å². The summed E-state index contributed by atoms with van der Waals surface area (Å²) < 4.78 is 75.0. The lowest BCUT2D eigenvalue weighted by molar-refractivity contribution is -0.118. The summed E-state index contributed by atoms with van der Waals surface area (Å²) in [5, 5.41) is 25.1. The van der Waals surface area contributed by atoms with E-state index in [4.69, 9.17) is 43.8 Å². The minimum atomic E-state index is -4.22. The average molecular weight is 1040 g/mol. The molecule has 69 heavy (non-hydrogen) atoms. The molecule has 2 aliphatic heterocycles. The van der Waals surface area contributed by atoms with Gasteiger partial charge in [-0.15, -0.1) is 0 Å². The number of carbonyl (C=O) groups is 2. The number of fused-ring (bicyclic) bond motifs is 2. The van der Waals surface area contributed by atoms with Crippen LogP contribution in [0.4, 0.5) is 16.2 Å². The van der Waals surface area contributed by atoms with E-state index in [1.54, 1.807) is 44.2 Å². The summed E-state index contributed by atoms with van der Waals surface area (Å²) in [6, 6.07) is 10.3. The third kappa shape index (κ3) is 11.4. The van der Waals surface area contributed by atoms with Gasteiger partial charge in [-0.2, -0.15) is 10.2 Å². The fourth-order valence-electron chi connectivity index (χ4n) is 7.11. The standard InChI is InChI=1S/C40H52FN11O13P2SSi/c1-21(2)34(54)49-39-48-33-27(36(56)50-39)46-20-52(33)38-30(29(23(16-53)61-38)65-69(6,7)40(3,4)5)64-67(68,59-15-11-14-42)60-17-24-28(63-66(57)58)25(41)37(62-24)51-19-45-26-31(43-18-44-32(26)51)47-35(55)22-12-9-8-10-13-22/h8-10,12-13,18-21,23-25,28-30,37-38,53,66H,11,15-17H2,1-7H3,(H,57,58)(H,43,44,47,55)(H2,48,49,50,54,56)/t23-,24-,25-,28-,29-,30-,37-,38-,67?/m1/s1. The number of ether oxygens (including phenoxy) is 2. The van der Waals surface area contributed by atoms with E-state index >= 15 is 4.39 Å². The predicted molar refractivity (Wildman–Crippen MR) is 251 cm³/mol. The number of rotatable bonds is 19. The van der Waals surface area contributed by atoms with Crippen molar-refractivity contribution in [3.05, 3.63) is 65.2 Å². The van der Waals surface area contributed by atoms with Crippen LogP contribution in [-0.2, 0) is 53.2 Å². The number of halogens is 1. The number of alkyl halides is 1. The zero-order valence-corrected chi connectivity index (χ0v) is 42.1. The molecule has 0 spiro atoms. The Morgan fingerprint density at radius 1 is 1.01 bits per heavy atom. The third-order valence-corrected chi connectivity index (χ3v) is 19.0. The Hall–Kier alpha value is -4.78. The highest BCUT2D eigenvalue weighted by Gasteiger charge is 2.54. The summed E-state index contributed by atoms with van der Waals surface area (Å²) in [7, 11) is -6.59. The number of imidazole rings is 2. The highest BCUT2D eigenvalue weighted by Crippen LogP contribution is 2.56. The first-order valence-corrected chi connectivity index (χ1v) is 28.3. The molecule has 24 nitrogen and oxygen atoms in total. The molecule has 0 radical (unpaired) electrons. The second kappa shape index (κ2) is 21.3. The van der Waals surface area contributed by atoms with Gasteiger partial charge in [0, 0.05) is 11.5 Å². The number of aromatic nitrogens is 8. The molecule has 2 unspecified atom stereocenters. The van der Waals surface area contributed by atoms with Crippen LogP contribution in [-0.4, -0.2) is 126 Å². The number of nitriles is 1. The van der Waals surface area contributed by atoms with E-state index in [2.05, 4.69) is 40.5 Å². The number of aromatic amines is 1. The third-order valence-electron chi connectivity index (χ3n) is 11.7. The van der Waals surface area contributed by atoms with Crippen molar-refractivity contribution in [2.24, 2.45) is 5.92 Å². The number of nitrogens with one attached hydrogen (secondary N) is 3. The van der Waals surface area contributed by atoms with E-state index in [1.807, 2.05) is 39.9 Å². The number of H-pyrrole nitrogens is 1. The van der Waals surface area contributed by atoms with Gasteiger partial charge in [0.25, 0.3) is 11.5 Å². The SMILES string of the molecule is CC(C)C(=O)Nc1nc2c(ncn2[C@@H]2O[C@H](CO)[C@@H](O[Si](C)(C)C(C)(C)C)[C@H]2OP(=S)(OCCC#N)OC[C@H]2O[C@@H](n3cnc4c(NC(=O)c5ccccc5)ncnc43)[C@H](F)[C@@H]2O[PH](=O)O)c(=O)[nH]1. The van der Waals surface area contributed by atoms with E-state index in [-0.39, 0.29) is 52.2 Å². The molecule has 2 saturated heterocycles. The molecule has 29 heteroatoms. The van der Waals surface area contributed by atoms with Crippen LogP contribution in [0.15, 0.2) is 54.1 Å². The highest BCUT2D eigenvalue weighted by atomic mass is 32.5. The smallest absolute Gasteiger partial charge is 0.327 e. The Morgan fingerprint density at radius 3 is 2.35 bits per heavy atom. The van der Waals surface area contributed by atoms with Gasteiger partial charge in [-0.1, -0.05) is 52.8 Å². The molecule has 5 aromatic rings. The summed E-state index contributed by atoms with van der Waals surface area (Å²) in [5.74, 6) is -1.56. The number of aliphatic hydroxyl groups is 1. The van der Waals surface area contributed by atoms with Crippen molar-refractivity contribution < 1.29 is 60.5 Å². The molecule has 0 aliphatic carbocycles. The van der Waals surface area contributed by atoms with Crippen LogP contribution in [0, 0.1) is 17.2 Å². The maximum absolute atomic E-state index is 16.6. The molecule has 2 aliphatic rings. The molecule has 0 bridgehead atoms. The first kappa shape index (κ1) is 52.1. The molecule has 372 valence electrons. The molecule has 5 N–H and O–H groups in total. The zero-order chi connectivity index (χ0) is 50.0. The van der Waals surface area contributed by atoms with Gasteiger partial charge in [-0.25, -0.2) is 24.3 Å². The summed E-state index contributed by atoms with van der Waals surface area (Å²) in [6.45, 7) is 7.42. The fourth-order valence-corrected chi connectivity index (χ4v) is 11.0. The van der Waals surface area contributed by atoms with Crippen molar-refractivity contribution in [1.82, 2.24) is 39.0 Å². The number of nitrogens with zero attached hydrogens (tertiary/aromatic N) is 8. The van der Waals surface area contributed by atoms with Gasteiger partial charge in [0.1, 0.15) is 36.8 Å². The quantitative estimate of drug-likeness (QED) is 0.0427. The number of benzene rings is 1. The van der Waals surface area contributed by atoms with Crippen LogP contribution in [0.25, 0.3) is 22.3 Å². The number of carbonyl (C=O) groups excluding carboxylic acids is 2. The van der Waals surface area contributed by atoms with Crippen LogP contribution >= 0.6 is 15.0 Å². The lowest BCUT2D eigenvalue weighted by Gasteiger charge is -2.41. The van der Waals surface area contributed by atoms with E-state index in [1.165, 1.54) is 21.8 Å². The Bertz CT molecular complexity index is 2850. The summed E-state index contributed by atoms with van der Waals surface area (Å²) in [5.41, 5.74) is -0.437. The number of hydrogen-bond donors (Lipinski definition) is 5. The van der Waals surface area contributed by atoms with Gasteiger partial charge in [0.05, 0.1) is 45.0 Å². The molecule has 4 aromatic heterocycles. The summed E-state index contributed by atoms with van der Waals surface area (Å²) >= 11 is 6.00. The maximum Gasteiger partial charge on any atom is 0.327 e. The molecule has 1 aromatic carbocycles. The normalized spacial score (nSPS) is 24.4. The van der Waals surface area contributed by atoms with Crippen LogP contribution in [0.1, 0.15) is 63.9 Å². The fraction of sp³-hybridized carbons (Fsp3) is 0.525. The van der Waals surface area contributed by atoms with Crippen LogP contribution in [0.2, 0.25) is 18.1 Å². The highest BCUT2D eigenvalue weighted by molar-refractivity contribution is 8.07. The van der Waals surface area contributed by atoms with Crippen LogP contribution in [0.5, 0.6) is 0 Å². The Labute approximate surface area is 400 Å². The van der Waals surface area contributed by atoms with Gasteiger partial charge in [-0.05, 0) is 42.1 Å². The van der Waals surface area contributed by atoms with Crippen molar-refractivity contribution in [3.63, 3.8) is 0 Å². The average Bonchev–Trinajstić information content (AvgIpc) is 4.07. The molecule has 10 atom stereocenters. The van der Waals surface area contributed by atoms with Gasteiger partial charge < -0.3 is 42.8 Å². The zero-order valence-electron chi connectivity index (χ0n) is 38.3. The van der Waals surface area contributed by atoms with Crippen LogP contribution < -0.4 is 16.2 Å². The minimum absolute atomic E-state index is 0.0135. The monoisotopic (exact) mass is 1040 g/mol. The van der Waals surface area contributed by atoms with Crippen molar-refractivity contribution in [2.45, 2.75) is 108 Å². The van der Waals surface area contributed by atoms with Gasteiger partial charge in [0.15, 0.2) is 55.1 Å².